The van der Waals surface area contributed by atoms with Gasteiger partial charge in [-0.2, -0.15) is 8.42 Å². The number of nitrogen functional groups attached to an aromatic ring is 1. The molecule has 1 fully saturated rings. The molecule has 14 nitrogen and oxygen atoms in total. The monoisotopic (exact) mass is 537 g/mol. The molecule has 1 aliphatic heterocycles. The minimum atomic E-state index is -4.63. The predicted octanol–water partition coefficient (Wildman–Crippen LogP) is -1.62. The molecule has 3 aromatic rings. The smallest absolute Gasteiger partial charge is 0.362 e. The third-order valence-electron chi connectivity index (χ3n) is 5.89. The molecular weight excluding hydrogens is 510 g/mol. The molecule has 4 rings (SSSR count). The van der Waals surface area contributed by atoms with Gasteiger partial charge in [0.15, 0.2) is 6.23 Å². The van der Waals surface area contributed by atoms with Crippen molar-refractivity contribution < 1.29 is 42.6 Å². The number of phenols is 1. The number of aromatic nitrogens is 2. The summed E-state index contributed by atoms with van der Waals surface area (Å²) in [4.78, 5) is 16.4. The summed E-state index contributed by atoms with van der Waals surface area (Å²) in [6.07, 6.45) is -4.15. The molecule has 1 saturated heterocycles. The molecule has 0 spiro atoms. The summed E-state index contributed by atoms with van der Waals surface area (Å²) in [6, 6.07) is 7.79. The first-order valence-corrected chi connectivity index (χ1v) is 12.5. The number of ether oxygens (including phenoxy) is 1. The van der Waals surface area contributed by atoms with Crippen LogP contribution in [0.2, 0.25) is 0 Å². The first-order chi connectivity index (χ1) is 17.5. The van der Waals surface area contributed by atoms with Crippen LogP contribution in [0.15, 0.2) is 42.7 Å². The highest BCUT2D eigenvalue weighted by Crippen LogP contribution is 2.34. The van der Waals surface area contributed by atoms with E-state index in [0.717, 1.165) is 0 Å². The van der Waals surface area contributed by atoms with Crippen molar-refractivity contribution in [1.82, 2.24) is 14.3 Å². The minimum absolute atomic E-state index is 0.00173. The standard InChI is InChI=1S/C22H27N5O9S/c23-14-6-12(8-28)7-16-18(14)27(10-25-16)22-20(31)19(30)17(36-22)9-35-37(33,34)26-21(32)15(24)5-11-1-3-13(29)4-2-11/h1-4,6-7,10,15,17,19-20,22,28-31H,5,8-9,23-24H2,(H,26,32)/t15-,17+,19+,20+,22+/m0/s1. The van der Waals surface area contributed by atoms with E-state index < -0.39 is 53.4 Å². The Morgan fingerprint density at radius 1 is 1.19 bits per heavy atom. The van der Waals surface area contributed by atoms with Crippen molar-refractivity contribution in [3.63, 3.8) is 0 Å². The van der Waals surface area contributed by atoms with Crippen LogP contribution in [0, 0.1) is 0 Å². The normalized spacial score (nSPS) is 22.8. The number of hydrogen-bond acceptors (Lipinski definition) is 12. The van der Waals surface area contributed by atoms with Gasteiger partial charge in [-0.3, -0.25) is 13.5 Å². The summed E-state index contributed by atoms with van der Waals surface area (Å²) in [5.74, 6) is -0.997. The first kappa shape index (κ1) is 26.7. The van der Waals surface area contributed by atoms with E-state index in [1.54, 1.807) is 10.8 Å². The number of nitrogens with zero attached hydrogens (tertiary/aromatic N) is 2. The van der Waals surface area contributed by atoms with Crippen molar-refractivity contribution in [3.8, 4) is 5.75 Å². The lowest BCUT2D eigenvalue weighted by Crippen LogP contribution is -2.45. The molecular formula is C22H27N5O9S. The molecule has 9 N–H and O–H groups in total. The van der Waals surface area contributed by atoms with E-state index in [2.05, 4.69) is 4.98 Å². The van der Waals surface area contributed by atoms with Crippen LogP contribution in [0.5, 0.6) is 5.75 Å². The van der Waals surface area contributed by atoms with Gasteiger partial charge < -0.3 is 36.6 Å². The number of aliphatic hydroxyl groups is 3. The van der Waals surface area contributed by atoms with Crippen molar-refractivity contribution in [2.24, 2.45) is 5.73 Å². The van der Waals surface area contributed by atoms with Crippen LogP contribution in [0.1, 0.15) is 17.4 Å². The number of amides is 1. The molecule has 15 heteroatoms. The third-order valence-corrected chi connectivity index (χ3v) is 6.79. The summed E-state index contributed by atoms with van der Waals surface area (Å²) in [5.41, 5.74) is 14.0. The Morgan fingerprint density at radius 2 is 1.89 bits per heavy atom. The van der Waals surface area contributed by atoms with Gasteiger partial charge in [0.25, 0.3) is 5.91 Å². The van der Waals surface area contributed by atoms with Crippen molar-refractivity contribution >= 4 is 32.9 Å². The number of carbonyl (C=O) groups excluding carboxylic acids is 1. The number of imidazole rings is 1. The summed E-state index contributed by atoms with van der Waals surface area (Å²) in [6.45, 7) is -0.971. The lowest BCUT2D eigenvalue weighted by atomic mass is 10.1. The summed E-state index contributed by atoms with van der Waals surface area (Å²) in [7, 11) is -4.63. The predicted molar refractivity (Wildman–Crippen MR) is 129 cm³/mol. The average Bonchev–Trinajstić information content (AvgIpc) is 3.40. The number of carbonyl (C=O) groups is 1. The van der Waals surface area contributed by atoms with Crippen LogP contribution in [-0.4, -0.2) is 75.3 Å². The fraction of sp³-hybridized carbons (Fsp3) is 0.364. The Balaban J connectivity index is 1.38. The molecule has 0 radical (unpaired) electrons. The van der Waals surface area contributed by atoms with Crippen LogP contribution < -0.4 is 16.2 Å². The molecule has 0 unspecified atom stereocenters. The van der Waals surface area contributed by atoms with Crippen molar-refractivity contribution in [3.05, 3.63) is 53.9 Å². The van der Waals surface area contributed by atoms with Crippen LogP contribution in [0.4, 0.5) is 5.69 Å². The Kier molecular flexibility index (Phi) is 7.65. The maximum atomic E-state index is 12.3. The van der Waals surface area contributed by atoms with E-state index in [0.29, 0.717) is 22.2 Å². The minimum Gasteiger partial charge on any atom is -0.508 e. The second kappa shape index (κ2) is 10.6. The SMILES string of the molecule is Nc1cc(CO)cc2ncn([C@@H]3O[C@H](COS(=O)(=O)NC(=O)[C@@H](N)Cc4ccc(O)cc4)[C@@H](O)[C@H]3O)c12. The second-order valence-electron chi connectivity index (χ2n) is 8.59. The average molecular weight is 538 g/mol. The van der Waals surface area contributed by atoms with Gasteiger partial charge in [-0.1, -0.05) is 12.1 Å². The molecule has 1 aliphatic rings. The Labute approximate surface area is 211 Å². The van der Waals surface area contributed by atoms with Gasteiger partial charge in [-0.15, -0.1) is 0 Å². The number of aliphatic hydroxyl groups excluding tert-OH is 3. The van der Waals surface area contributed by atoms with Crippen molar-refractivity contribution in [2.45, 2.75) is 43.6 Å². The fourth-order valence-electron chi connectivity index (χ4n) is 4.01. The van der Waals surface area contributed by atoms with Crippen molar-refractivity contribution in [2.75, 3.05) is 12.3 Å². The fourth-order valence-corrected chi connectivity index (χ4v) is 4.78. The molecule has 37 heavy (non-hydrogen) atoms. The molecule has 1 amide bonds. The number of nitrogens with one attached hydrogen (secondary N) is 1. The molecule has 5 atom stereocenters. The number of phenolic OH excluding ortho intramolecular Hbond substituents is 1. The molecule has 0 aliphatic carbocycles. The first-order valence-electron chi connectivity index (χ1n) is 11.1. The van der Waals surface area contributed by atoms with E-state index in [9.17, 15) is 33.6 Å². The van der Waals surface area contributed by atoms with E-state index in [1.807, 2.05) is 0 Å². The largest absolute Gasteiger partial charge is 0.508 e. The summed E-state index contributed by atoms with van der Waals surface area (Å²) >= 11 is 0. The molecule has 1 aromatic heterocycles. The van der Waals surface area contributed by atoms with Gasteiger partial charge in [0.05, 0.1) is 42.3 Å². The van der Waals surface area contributed by atoms with Crippen LogP contribution in [0.3, 0.4) is 0 Å². The topological polar surface area (TPSA) is 232 Å². The molecule has 2 aromatic carbocycles. The van der Waals surface area contributed by atoms with Gasteiger partial charge in [0, 0.05) is 0 Å². The number of hydrogen-bond donors (Lipinski definition) is 7. The van der Waals surface area contributed by atoms with Gasteiger partial charge in [0.2, 0.25) is 0 Å². The Morgan fingerprint density at radius 3 is 2.57 bits per heavy atom. The second-order valence-corrected chi connectivity index (χ2v) is 9.94. The Bertz CT molecular complexity index is 1380. The van der Waals surface area contributed by atoms with Crippen LogP contribution in [-0.2, 0) is 37.0 Å². The summed E-state index contributed by atoms with van der Waals surface area (Å²) < 4.78 is 38.1. The number of aromatic hydroxyl groups is 1. The van der Waals surface area contributed by atoms with Crippen LogP contribution >= 0.6 is 0 Å². The van der Waals surface area contributed by atoms with Crippen molar-refractivity contribution in [1.29, 1.82) is 0 Å². The zero-order chi connectivity index (χ0) is 26.9. The van der Waals surface area contributed by atoms with E-state index in [1.165, 1.54) is 41.2 Å². The van der Waals surface area contributed by atoms with Gasteiger partial charge in [-0.05, 0) is 41.8 Å². The van der Waals surface area contributed by atoms with E-state index >= 15 is 0 Å². The van der Waals surface area contributed by atoms with Crippen LogP contribution in [0.25, 0.3) is 11.0 Å². The molecule has 2 heterocycles. The number of fused-ring (bicyclic) bond motifs is 1. The number of anilines is 1. The zero-order valence-electron chi connectivity index (χ0n) is 19.3. The lowest BCUT2D eigenvalue weighted by Gasteiger charge is -2.18. The summed E-state index contributed by atoms with van der Waals surface area (Å²) in [5, 5.41) is 39.6. The third kappa shape index (κ3) is 5.83. The van der Waals surface area contributed by atoms with Gasteiger partial charge in [-0.25, -0.2) is 9.71 Å². The zero-order valence-corrected chi connectivity index (χ0v) is 20.2. The lowest BCUT2D eigenvalue weighted by molar-refractivity contribution is -0.120. The molecule has 0 saturated carbocycles. The van der Waals surface area contributed by atoms with E-state index in [4.69, 9.17) is 20.4 Å². The highest BCUT2D eigenvalue weighted by Gasteiger charge is 2.45. The van der Waals surface area contributed by atoms with E-state index in [-0.39, 0.29) is 24.5 Å². The maximum absolute atomic E-state index is 12.3. The highest BCUT2D eigenvalue weighted by molar-refractivity contribution is 7.85. The quantitative estimate of drug-likeness (QED) is 0.153. The molecule has 0 bridgehead atoms. The highest BCUT2D eigenvalue weighted by atomic mass is 32.2. The number of benzene rings is 2. The number of nitrogens with two attached hydrogens (primary N) is 2. The van der Waals surface area contributed by atoms with Gasteiger partial charge in [0.1, 0.15) is 24.1 Å². The van der Waals surface area contributed by atoms with Gasteiger partial charge >= 0.3 is 10.3 Å². The molecule has 200 valence electrons. The maximum Gasteiger partial charge on any atom is 0.362 e. The Hall–Kier alpha value is -3.31. The number of rotatable bonds is 9.